The summed E-state index contributed by atoms with van der Waals surface area (Å²) in [6.45, 7) is 1.64. The fraction of sp³-hybridized carbons (Fsp3) is 0.316. The highest BCUT2D eigenvalue weighted by Crippen LogP contribution is 2.30. The van der Waals surface area contributed by atoms with Gasteiger partial charge in [0, 0.05) is 5.56 Å². The molecule has 2 aromatic carbocycles. The topological polar surface area (TPSA) is 60.2 Å². The quantitative estimate of drug-likeness (QED) is 0.717. The number of sulfone groups is 1. The molecule has 0 N–H and O–H groups in total. The van der Waals surface area contributed by atoms with Crippen LogP contribution in [0.1, 0.15) is 30.9 Å². The van der Waals surface area contributed by atoms with Gasteiger partial charge < -0.3 is 4.42 Å². The van der Waals surface area contributed by atoms with E-state index in [9.17, 15) is 8.42 Å². The molecule has 1 heterocycles. The van der Waals surface area contributed by atoms with Gasteiger partial charge in [-0.05, 0) is 67.1 Å². The number of hydrogen-bond acceptors (Lipinski definition) is 4. The molecule has 0 saturated heterocycles. The van der Waals surface area contributed by atoms with E-state index in [4.69, 9.17) is 4.42 Å². The molecule has 1 aliphatic rings. The van der Waals surface area contributed by atoms with Crippen LogP contribution in [-0.4, -0.2) is 19.2 Å². The maximum atomic E-state index is 12.0. The van der Waals surface area contributed by atoms with Gasteiger partial charge in [0.2, 0.25) is 5.89 Å². The summed E-state index contributed by atoms with van der Waals surface area (Å²) in [7, 11) is -3.24. The molecule has 5 heteroatoms. The average Bonchev–Trinajstić information content (AvgIpc) is 3.04. The number of fused-ring (bicyclic) bond motifs is 2. The highest BCUT2D eigenvalue weighted by molar-refractivity contribution is 7.91. The van der Waals surface area contributed by atoms with E-state index in [0.29, 0.717) is 21.9 Å². The summed E-state index contributed by atoms with van der Waals surface area (Å²) in [4.78, 5) is 4.80. The third-order valence-corrected chi connectivity index (χ3v) is 6.43. The largest absolute Gasteiger partial charge is 0.436 e. The van der Waals surface area contributed by atoms with Crippen molar-refractivity contribution in [2.75, 3.05) is 5.75 Å². The Morgan fingerprint density at radius 3 is 2.62 bits per heavy atom. The van der Waals surface area contributed by atoms with Crippen molar-refractivity contribution in [3.05, 3.63) is 47.5 Å². The Morgan fingerprint density at radius 2 is 1.83 bits per heavy atom. The maximum absolute atomic E-state index is 12.0. The summed E-state index contributed by atoms with van der Waals surface area (Å²) in [5.74, 6) is 0.623. The van der Waals surface area contributed by atoms with Crippen molar-refractivity contribution >= 4 is 20.9 Å². The standard InChI is InChI=1S/C19H19NO3S/c1-2-24(21,22)16-9-10-18-17(12-16)20-19(23-18)15-8-7-13-5-3-4-6-14(13)11-15/h7-12H,2-6H2,1H3. The summed E-state index contributed by atoms with van der Waals surface area (Å²) < 4.78 is 29.9. The van der Waals surface area contributed by atoms with Crippen molar-refractivity contribution in [2.24, 2.45) is 0 Å². The van der Waals surface area contributed by atoms with Gasteiger partial charge in [-0.25, -0.2) is 13.4 Å². The molecule has 0 amide bonds. The van der Waals surface area contributed by atoms with Crippen molar-refractivity contribution in [3.63, 3.8) is 0 Å². The number of aryl methyl sites for hydroxylation is 2. The van der Waals surface area contributed by atoms with Crippen LogP contribution in [0.15, 0.2) is 45.7 Å². The maximum Gasteiger partial charge on any atom is 0.227 e. The molecule has 0 unspecified atom stereocenters. The molecule has 24 heavy (non-hydrogen) atoms. The lowest BCUT2D eigenvalue weighted by Crippen LogP contribution is -2.03. The van der Waals surface area contributed by atoms with Gasteiger partial charge in [0.05, 0.1) is 10.6 Å². The zero-order chi connectivity index (χ0) is 16.7. The summed E-state index contributed by atoms with van der Waals surface area (Å²) in [6, 6.07) is 11.2. The first-order valence-corrected chi connectivity index (χ1v) is 9.97. The molecule has 124 valence electrons. The van der Waals surface area contributed by atoms with Crippen LogP contribution in [0.2, 0.25) is 0 Å². The smallest absolute Gasteiger partial charge is 0.227 e. The van der Waals surface area contributed by atoms with Crippen LogP contribution in [0.5, 0.6) is 0 Å². The molecule has 1 aromatic heterocycles. The SMILES string of the molecule is CCS(=O)(=O)c1ccc2oc(-c3ccc4c(c3)CCCC4)nc2c1. The molecule has 4 rings (SSSR count). The number of hydrogen-bond donors (Lipinski definition) is 0. The van der Waals surface area contributed by atoms with Crippen LogP contribution in [0.3, 0.4) is 0 Å². The first kappa shape index (κ1) is 15.4. The monoisotopic (exact) mass is 341 g/mol. The Kier molecular flexibility index (Phi) is 3.68. The molecular weight excluding hydrogens is 322 g/mol. The Bertz CT molecular complexity index is 1020. The molecule has 0 aliphatic heterocycles. The van der Waals surface area contributed by atoms with E-state index in [1.165, 1.54) is 24.0 Å². The lowest BCUT2D eigenvalue weighted by molar-refractivity contribution is 0.597. The van der Waals surface area contributed by atoms with Crippen LogP contribution in [0.4, 0.5) is 0 Å². The van der Waals surface area contributed by atoms with E-state index >= 15 is 0 Å². The number of rotatable bonds is 3. The molecule has 0 radical (unpaired) electrons. The van der Waals surface area contributed by atoms with Gasteiger partial charge in [-0.15, -0.1) is 0 Å². The average molecular weight is 341 g/mol. The molecular formula is C19H19NO3S. The zero-order valence-electron chi connectivity index (χ0n) is 13.6. The van der Waals surface area contributed by atoms with Crippen molar-refractivity contribution in [1.82, 2.24) is 4.98 Å². The first-order valence-electron chi connectivity index (χ1n) is 8.32. The van der Waals surface area contributed by atoms with Crippen molar-refractivity contribution in [3.8, 4) is 11.5 Å². The van der Waals surface area contributed by atoms with E-state index in [1.807, 2.05) is 6.07 Å². The van der Waals surface area contributed by atoms with Crippen LogP contribution in [0.25, 0.3) is 22.6 Å². The minimum Gasteiger partial charge on any atom is -0.436 e. The third kappa shape index (κ3) is 2.63. The fourth-order valence-electron chi connectivity index (χ4n) is 3.26. The highest BCUT2D eigenvalue weighted by Gasteiger charge is 2.16. The fourth-order valence-corrected chi connectivity index (χ4v) is 4.16. The Labute approximate surface area is 141 Å². The summed E-state index contributed by atoms with van der Waals surface area (Å²) in [5.41, 5.74) is 4.93. The molecule has 1 aliphatic carbocycles. The van der Waals surface area contributed by atoms with Gasteiger partial charge in [-0.3, -0.25) is 0 Å². The van der Waals surface area contributed by atoms with E-state index in [0.717, 1.165) is 18.4 Å². The zero-order valence-corrected chi connectivity index (χ0v) is 14.4. The molecule has 0 atom stereocenters. The molecule has 4 nitrogen and oxygen atoms in total. The summed E-state index contributed by atoms with van der Waals surface area (Å²) in [5, 5.41) is 0. The van der Waals surface area contributed by atoms with Gasteiger partial charge in [0.15, 0.2) is 15.4 Å². The van der Waals surface area contributed by atoms with Crippen molar-refractivity contribution < 1.29 is 12.8 Å². The second kappa shape index (κ2) is 5.74. The normalized spacial score (nSPS) is 14.7. The van der Waals surface area contributed by atoms with E-state index in [2.05, 4.69) is 17.1 Å². The molecule has 0 fully saturated rings. The molecule has 0 spiro atoms. The van der Waals surface area contributed by atoms with Gasteiger partial charge in [0.1, 0.15) is 5.52 Å². The Morgan fingerprint density at radius 1 is 1.04 bits per heavy atom. The predicted octanol–water partition coefficient (Wildman–Crippen LogP) is 4.17. The summed E-state index contributed by atoms with van der Waals surface area (Å²) >= 11 is 0. The number of oxazole rings is 1. The third-order valence-electron chi connectivity index (χ3n) is 4.69. The number of aromatic nitrogens is 1. The molecule has 0 saturated carbocycles. The van der Waals surface area contributed by atoms with Crippen molar-refractivity contribution in [1.29, 1.82) is 0 Å². The lowest BCUT2D eigenvalue weighted by Gasteiger charge is -2.15. The van der Waals surface area contributed by atoms with E-state index in [1.54, 1.807) is 25.1 Å². The molecule has 0 bridgehead atoms. The number of nitrogens with zero attached hydrogens (tertiary/aromatic N) is 1. The van der Waals surface area contributed by atoms with E-state index in [-0.39, 0.29) is 5.75 Å². The highest BCUT2D eigenvalue weighted by atomic mass is 32.2. The Hall–Kier alpha value is -2.14. The first-order chi connectivity index (χ1) is 11.6. The van der Waals surface area contributed by atoms with Crippen LogP contribution in [0, 0.1) is 0 Å². The van der Waals surface area contributed by atoms with Gasteiger partial charge in [-0.1, -0.05) is 13.0 Å². The lowest BCUT2D eigenvalue weighted by atomic mass is 9.90. The van der Waals surface area contributed by atoms with Gasteiger partial charge in [0.25, 0.3) is 0 Å². The van der Waals surface area contributed by atoms with E-state index < -0.39 is 9.84 Å². The number of benzene rings is 2. The van der Waals surface area contributed by atoms with Crippen LogP contribution in [-0.2, 0) is 22.7 Å². The second-order valence-electron chi connectivity index (χ2n) is 6.24. The molecule has 3 aromatic rings. The van der Waals surface area contributed by atoms with Crippen molar-refractivity contribution in [2.45, 2.75) is 37.5 Å². The second-order valence-corrected chi connectivity index (χ2v) is 8.52. The minimum atomic E-state index is -3.24. The minimum absolute atomic E-state index is 0.0774. The van der Waals surface area contributed by atoms with Gasteiger partial charge in [-0.2, -0.15) is 0 Å². The van der Waals surface area contributed by atoms with Crippen LogP contribution < -0.4 is 0 Å². The van der Waals surface area contributed by atoms with Gasteiger partial charge >= 0.3 is 0 Å². The Balaban J connectivity index is 1.78. The summed E-state index contributed by atoms with van der Waals surface area (Å²) in [6.07, 6.45) is 4.72. The predicted molar refractivity (Wildman–Crippen MR) is 93.8 cm³/mol. The van der Waals surface area contributed by atoms with Crippen LogP contribution >= 0.6 is 0 Å².